The van der Waals surface area contributed by atoms with Crippen molar-refractivity contribution in [1.82, 2.24) is 15.0 Å². The molecule has 22 heavy (non-hydrogen) atoms. The lowest BCUT2D eigenvalue weighted by atomic mass is 10.1. The smallest absolute Gasteiger partial charge is 0.122 e. The van der Waals surface area contributed by atoms with Crippen molar-refractivity contribution in [2.24, 2.45) is 0 Å². The van der Waals surface area contributed by atoms with E-state index >= 15 is 0 Å². The summed E-state index contributed by atoms with van der Waals surface area (Å²) >= 11 is 0. The van der Waals surface area contributed by atoms with E-state index in [0.29, 0.717) is 0 Å². The van der Waals surface area contributed by atoms with Crippen LogP contribution in [0.3, 0.4) is 0 Å². The SMILES string of the molecule is Cc1ccc(OCCCCn2nnc3ccccc32)c(C)c1. The number of unbranched alkanes of at least 4 members (excludes halogenated alkanes) is 1. The fourth-order valence-corrected chi connectivity index (χ4v) is 2.59. The highest BCUT2D eigenvalue weighted by Gasteiger charge is 2.03. The number of nitrogens with zero attached hydrogens (tertiary/aromatic N) is 3. The highest BCUT2D eigenvalue weighted by molar-refractivity contribution is 5.73. The zero-order chi connectivity index (χ0) is 15.4. The Hall–Kier alpha value is -2.36. The van der Waals surface area contributed by atoms with Crippen LogP contribution in [0.4, 0.5) is 0 Å². The first-order valence-corrected chi connectivity index (χ1v) is 7.72. The molecule has 1 heterocycles. The maximum absolute atomic E-state index is 5.85. The molecule has 114 valence electrons. The van der Waals surface area contributed by atoms with Gasteiger partial charge < -0.3 is 4.74 Å². The number of benzene rings is 2. The molecule has 0 atom stereocenters. The maximum Gasteiger partial charge on any atom is 0.122 e. The van der Waals surface area contributed by atoms with Gasteiger partial charge in [0.1, 0.15) is 11.3 Å². The fourth-order valence-electron chi connectivity index (χ4n) is 2.59. The van der Waals surface area contributed by atoms with Gasteiger partial charge in [0, 0.05) is 6.54 Å². The van der Waals surface area contributed by atoms with Crippen LogP contribution in [0, 0.1) is 13.8 Å². The normalized spacial score (nSPS) is 11.0. The van der Waals surface area contributed by atoms with Crippen LogP contribution in [-0.4, -0.2) is 21.6 Å². The lowest BCUT2D eigenvalue weighted by Gasteiger charge is -2.09. The second-order valence-corrected chi connectivity index (χ2v) is 5.63. The first-order chi connectivity index (χ1) is 10.7. The van der Waals surface area contributed by atoms with Crippen LogP contribution < -0.4 is 4.74 Å². The average molecular weight is 295 g/mol. The van der Waals surface area contributed by atoms with Gasteiger partial charge in [-0.25, -0.2) is 4.68 Å². The molecule has 0 fully saturated rings. The molecule has 1 aromatic heterocycles. The van der Waals surface area contributed by atoms with Crippen LogP contribution in [0.2, 0.25) is 0 Å². The third kappa shape index (κ3) is 3.27. The summed E-state index contributed by atoms with van der Waals surface area (Å²) in [6.45, 7) is 5.79. The van der Waals surface area contributed by atoms with E-state index in [1.165, 1.54) is 11.1 Å². The first kappa shape index (κ1) is 14.6. The number of rotatable bonds is 6. The van der Waals surface area contributed by atoms with Gasteiger partial charge in [-0.1, -0.05) is 35.0 Å². The number of para-hydroxylation sites is 1. The molecule has 4 heteroatoms. The molecule has 0 bridgehead atoms. The molecule has 0 amide bonds. The molecule has 3 rings (SSSR count). The molecule has 0 saturated heterocycles. The van der Waals surface area contributed by atoms with Crippen LogP contribution in [0.15, 0.2) is 42.5 Å². The number of hydrogen-bond donors (Lipinski definition) is 0. The highest BCUT2D eigenvalue weighted by Crippen LogP contribution is 2.19. The third-order valence-electron chi connectivity index (χ3n) is 3.77. The highest BCUT2D eigenvalue weighted by atomic mass is 16.5. The number of aromatic nitrogens is 3. The Morgan fingerprint density at radius 1 is 1.05 bits per heavy atom. The van der Waals surface area contributed by atoms with Gasteiger partial charge in [-0.05, 0) is 50.5 Å². The summed E-state index contributed by atoms with van der Waals surface area (Å²) < 4.78 is 7.82. The molecule has 3 aromatic rings. The van der Waals surface area contributed by atoms with Gasteiger partial charge in [0.05, 0.1) is 12.1 Å². The van der Waals surface area contributed by atoms with Crippen molar-refractivity contribution in [3.63, 3.8) is 0 Å². The Morgan fingerprint density at radius 2 is 1.91 bits per heavy atom. The molecule has 0 unspecified atom stereocenters. The van der Waals surface area contributed by atoms with Gasteiger partial charge in [-0.3, -0.25) is 0 Å². The second-order valence-electron chi connectivity index (χ2n) is 5.63. The summed E-state index contributed by atoms with van der Waals surface area (Å²) in [7, 11) is 0. The van der Waals surface area contributed by atoms with Crippen molar-refractivity contribution >= 4 is 11.0 Å². The summed E-state index contributed by atoms with van der Waals surface area (Å²) in [5.74, 6) is 0.983. The van der Waals surface area contributed by atoms with Crippen molar-refractivity contribution in [2.45, 2.75) is 33.2 Å². The largest absolute Gasteiger partial charge is 0.493 e. The van der Waals surface area contributed by atoms with E-state index in [1.54, 1.807) is 0 Å². The lowest BCUT2D eigenvalue weighted by Crippen LogP contribution is -2.04. The van der Waals surface area contributed by atoms with E-state index in [4.69, 9.17) is 4.74 Å². The van der Waals surface area contributed by atoms with Crippen molar-refractivity contribution in [3.8, 4) is 5.75 Å². The van der Waals surface area contributed by atoms with Crippen LogP contribution in [0.5, 0.6) is 5.75 Å². The summed E-state index contributed by atoms with van der Waals surface area (Å²) in [4.78, 5) is 0. The minimum absolute atomic E-state index is 0.733. The zero-order valence-corrected chi connectivity index (χ0v) is 13.1. The summed E-state index contributed by atoms with van der Waals surface area (Å²) in [6.07, 6.45) is 2.03. The number of ether oxygens (including phenoxy) is 1. The van der Waals surface area contributed by atoms with E-state index in [1.807, 2.05) is 22.9 Å². The van der Waals surface area contributed by atoms with Gasteiger partial charge in [0.15, 0.2) is 0 Å². The Labute approximate surface area is 130 Å². The average Bonchev–Trinajstić information content (AvgIpc) is 2.92. The molecule has 0 N–H and O–H groups in total. The maximum atomic E-state index is 5.85. The second kappa shape index (κ2) is 6.60. The molecule has 0 spiro atoms. The number of hydrogen-bond acceptors (Lipinski definition) is 3. The van der Waals surface area contributed by atoms with E-state index in [9.17, 15) is 0 Å². The number of fused-ring (bicyclic) bond motifs is 1. The van der Waals surface area contributed by atoms with E-state index in [0.717, 1.165) is 42.8 Å². The number of aryl methyl sites for hydroxylation is 3. The predicted octanol–water partition coefficient (Wildman–Crippen LogP) is 3.91. The Kier molecular flexibility index (Phi) is 4.37. The van der Waals surface area contributed by atoms with E-state index < -0.39 is 0 Å². The molecule has 0 saturated carbocycles. The quantitative estimate of drug-likeness (QED) is 0.647. The van der Waals surface area contributed by atoms with Crippen LogP contribution in [-0.2, 0) is 6.54 Å². The molecular weight excluding hydrogens is 274 g/mol. The van der Waals surface area contributed by atoms with Gasteiger partial charge in [-0.15, -0.1) is 5.10 Å². The van der Waals surface area contributed by atoms with Crippen LogP contribution in [0.25, 0.3) is 11.0 Å². The summed E-state index contributed by atoms with van der Waals surface area (Å²) in [5.41, 5.74) is 4.51. The minimum atomic E-state index is 0.733. The molecule has 0 radical (unpaired) electrons. The van der Waals surface area contributed by atoms with Crippen molar-refractivity contribution < 1.29 is 4.74 Å². The van der Waals surface area contributed by atoms with Crippen molar-refractivity contribution in [3.05, 3.63) is 53.6 Å². The minimum Gasteiger partial charge on any atom is -0.493 e. The molecule has 2 aromatic carbocycles. The molecule has 4 nitrogen and oxygen atoms in total. The molecule has 0 aliphatic heterocycles. The molecular formula is C18H21N3O. The van der Waals surface area contributed by atoms with Gasteiger partial charge in [0.25, 0.3) is 0 Å². The summed E-state index contributed by atoms with van der Waals surface area (Å²) in [5, 5.41) is 8.37. The van der Waals surface area contributed by atoms with Gasteiger partial charge >= 0.3 is 0 Å². The van der Waals surface area contributed by atoms with Crippen LogP contribution in [0.1, 0.15) is 24.0 Å². The molecule has 0 aliphatic carbocycles. The predicted molar refractivity (Wildman–Crippen MR) is 88.2 cm³/mol. The van der Waals surface area contributed by atoms with Crippen molar-refractivity contribution in [1.29, 1.82) is 0 Å². The van der Waals surface area contributed by atoms with Crippen molar-refractivity contribution in [2.75, 3.05) is 6.61 Å². The zero-order valence-electron chi connectivity index (χ0n) is 13.1. The molecule has 0 aliphatic rings. The van der Waals surface area contributed by atoms with Gasteiger partial charge in [0.2, 0.25) is 0 Å². The third-order valence-corrected chi connectivity index (χ3v) is 3.77. The monoisotopic (exact) mass is 295 g/mol. The topological polar surface area (TPSA) is 39.9 Å². The Morgan fingerprint density at radius 3 is 2.77 bits per heavy atom. The van der Waals surface area contributed by atoms with E-state index in [2.05, 4.69) is 48.4 Å². The first-order valence-electron chi connectivity index (χ1n) is 7.72. The fraction of sp³-hybridized carbons (Fsp3) is 0.333. The van der Waals surface area contributed by atoms with Gasteiger partial charge in [-0.2, -0.15) is 0 Å². The standard InChI is InChI=1S/C18H21N3O/c1-14-9-10-18(15(2)13-14)22-12-6-5-11-21-17-8-4-3-7-16(17)19-20-21/h3-4,7-10,13H,5-6,11-12H2,1-2H3. The Bertz CT molecular complexity index is 764. The summed E-state index contributed by atoms with van der Waals surface area (Å²) in [6, 6.07) is 14.3. The van der Waals surface area contributed by atoms with Crippen LogP contribution >= 0.6 is 0 Å². The Balaban J connectivity index is 1.48. The lowest BCUT2D eigenvalue weighted by molar-refractivity contribution is 0.300. The van der Waals surface area contributed by atoms with E-state index in [-0.39, 0.29) is 0 Å².